The maximum absolute atomic E-state index is 14.1. The zero-order chi connectivity index (χ0) is 29.4. The van der Waals surface area contributed by atoms with E-state index in [0.29, 0.717) is 15.6 Å². The van der Waals surface area contributed by atoms with Crippen molar-refractivity contribution >= 4 is 50.7 Å². The number of halogens is 2. The Labute approximate surface area is 245 Å². The highest BCUT2D eigenvalue weighted by molar-refractivity contribution is 7.92. The maximum Gasteiger partial charge on any atom is 0.244 e. The lowest BCUT2D eigenvalue weighted by Crippen LogP contribution is -2.54. The number of hydrogen-bond acceptors (Lipinski definition) is 5. The Morgan fingerprint density at radius 1 is 0.975 bits per heavy atom. The van der Waals surface area contributed by atoms with Crippen LogP contribution in [0.5, 0.6) is 5.75 Å². The Morgan fingerprint density at radius 2 is 1.62 bits per heavy atom. The fraction of sp³-hybridized carbons (Fsp3) is 0.310. The average Bonchev–Trinajstić information content (AvgIpc) is 2.89. The number of ether oxygens (including phenoxy) is 1. The molecule has 40 heavy (non-hydrogen) atoms. The van der Waals surface area contributed by atoms with Crippen LogP contribution in [-0.2, 0) is 32.6 Å². The summed E-state index contributed by atoms with van der Waals surface area (Å²) in [6.07, 6.45) is 1.21. The second-order valence-electron chi connectivity index (χ2n) is 9.57. The number of para-hydroxylation sites is 2. The molecule has 1 N–H and O–H groups in total. The second-order valence-corrected chi connectivity index (χ2v) is 12.3. The van der Waals surface area contributed by atoms with Crippen LogP contribution >= 0.6 is 23.2 Å². The van der Waals surface area contributed by atoms with Gasteiger partial charge < -0.3 is 15.0 Å². The van der Waals surface area contributed by atoms with Crippen LogP contribution in [0.3, 0.4) is 0 Å². The maximum atomic E-state index is 14.1. The fourth-order valence-electron chi connectivity index (χ4n) is 4.20. The van der Waals surface area contributed by atoms with Crippen LogP contribution < -0.4 is 14.4 Å². The van der Waals surface area contributed by atoms with Crippen molar-refractivity contribution in [3.63, 3.8) is 0 Å². The number of rotatable bonds is 12. The first-order valence-corrected chi connectivity index (χ1v) is 15.2. The molecule has 11 heteroatoms. The molecule has 0 aliphatic heterocycles. The third-order valence-corrected chi connectivity index (χ3v) is 7.80. The van der Waals surface area contributed by atoms with Gasteiger partial charge in [0.2, 0.25) is 21.8 Å². The molecule has 0 fully saturated rings. The van der Waals surface area contributed by atoms with Crippen LogP contribution in [0.4, 0.5) is 5.69 Å². The molecule has 0 aliphatic carbocycles. The van der Waals surface area contributed by atoms with Gasteiger partial charge in [-0.3, -0.25) is 13.9 Å². The summed E-state index contributed by atoms with van der Waals surface area (Å²) in [6, 6.07) is 19.5. The van der Waals surface area contributed by atoms with E-state index in [1.807, 2.05) is 44.2 Å². The summed E-state index contributed by atoms with van der Waals surface area (Å²) in [7, 11) is -2.51. The van der Waals surface area contributed by atoms with Gasteiger partial charge in [-0.05, 0) is 49.2 Å². The van der Waals surface area contributed by atoms with E-state index in [9.17, 15) is 18.0 Å². The molecule has 0 bridgehead atoms. The van der Waals surface area contributed by atoms with Crippen molar-refractivity contribution in [1.29, 1.82) is 0 Å². The molecule has 0 aromatic heterocycles. The molecule has 3 rings (SSSR count). The van der Waals surface area contributed by atoms with Gasteiger partial charge >= 0.3 is 0 Å². The van der Waals surface area contributed by atoms with Crippen molar-refractivity contribution < 1.29 is 22.7 Å². The molecule has 2 amide bonds. The number of nitrogens with zero attached hydrogens (tertiary/aromatic N) is 2. The monoisotopic (exact) mass is 605 g/mol. The van der Waals surface area contributed by atoms with Crippen LogP contribution in [0, 0.1) is 0 Å². The number of amides is 2. The Morgan fingerprint density at radius 3 is 2.23 bits per heavy atom. The van der Waals surface area contributed by atoms with E-state index in [2.05, 4.69) is 5.32 Å². The zero-order valence-corrected chi connectivity index (χ0v) is 25.1. The minimum Gasteiger partial charge on any atom is -0.495 e. The van der Waals surface area contributed by atoms with Gasteiger partial charge in [-0.2, -0.15) is 0 Å². The van der Waals surface area contributed by atoms with Gasteiger partial charge in [0.05, 0.1) is 19.1 Å². The number of nitrogens with one attached hydrogen (secondary N) is 1. The highest BCUT2D eigenvalue weighted by atomic mass is 35.5. The number of benzene rings is 3. The minimum atomic E-state index is -3.93. The minimum absolute atomic E-state index is 0.0542. The first-order valence-electron chi connectivity index (χ1n) is 12.6. The third-order valence-electron chi connectivity index (χ3n) is 6.09. The van der Waals surface area contributed by atoms with Crippen LogP contribution in [0.25, 0.3) is 0 Å². The summed E-state index contributed by atoms with van der Waals surface area (Å²) in [5.74, 6) is -0.686. The van der Waals surface area contributed by atoms with E-state index >= 15 is 0 Å². The number of carbonyl (C=O) groups is 2. The fourth-order valence-corrected chi connectivity index (χ4v) is 5.52. The molecular formula is C29H33Cl2N3O5S. The van der Waals surface area contributed by atoms with E-state index in [-0.39, 0.29) is 36.4 Å². The van der Waals surface area contributed by atoms with Crippen LogP contribution in [0.1, 0.15) is 25.0 Å². The Balaban J connectivity index is 2.10. The van der Waals surface area contributed by atoms with Gasteiger partial charge in [0.1, 0.15) is 18.3 Å². The van der Waals surface area contributed by atoms with E-state index in [0.717, 1.165) is 16.1 Å². The molecule has 0 unspecified atom stereocenters. The van der Waals surface area contributed by atoms with Crippen molar-refractivity contribution in [1.82, 2.24) is 10.2 Å². The molecular weight excluding hydrogens is 573 g/mol. The van der Waals surface area contributed by atoms with Crippen LogP contribution in [-0.4, -0.2) is 57.1 Å². The molecule has 8 nitrogen and oxygen atoms in total. The van der Waals surface area contributed by atoms with Gasteiger partial charge in [0, 0.05) is 29.1 Å². The second kappa shape index (κ2) is 13.9. The van der Waals surface area contributed by atoms with Crippen molar-refractivity contribution in [2.24, 2.45) is 0 Å². The van der Waals surface area contributed by atoms with Crippen molar-refractivity contribution in [3.05, 3.63) is 94.0 Å². The third kappa shape index (κ3) is 8.36. The molecule has 0 aliphatic rings. The topological polar surface area (TPSA) is 96.0 Å². The van der Waals surface area contributed by atoms with Gasteiger partial charge in [0.15, 0.2) is 0 Å². The number of methoxy groups -OCH3 is 1. The predicted molar refractivity (Wildman–Crippen MR) is 159 cm³/mol. The van der Waals surface area contributed by atoms with Crippen molar-refractivity contribution in [3.8, 4) is 5.75 Å². The van der Waals surface area contributed by atoms with E-state index in [1.54, 1.807) is 42.5 Å². The SMILES string of the molecule is COc1ccccc1N(CC(=O)N(Cc1ccc(Cl)cc1Cl)[C@@H](Cc1ccccc1)C(=O)NC(C)C)S(C)(=O)=O. The lowest BCUT2D eigenvalue weighted by Gasteiger charge is -2.34. The van der Waals surface area contributed by atoms with Crippen molar-refractivity contribution in [2.45, 2.75) is 38.9 Å². The number of anilines is 1. The molecule has 0 radical (unpaired) electrons. The molecule has 0 spiro atoms. The molecule has 1 atom stereocenters. The van der Waals surface area contributed by atoms with Gasteiger partial charge in [-0.25, -0.2) is 8.42 Å². The highest BCUT2D eigenvalue weighted by Gasteiger charge is 2.34. The smallest absolute Gasteiger partial charge is 0.244 e. The number of carbonyl (C=O) groups excluding carboxylic acids is 2. The molecule has 3 aromatic carbocycles. The highest BCUT2D eigenvalue weighted by Crippen LogP contribution is 2.30. The largest absolute Gasteiger partial charge is 0.495 e. The number of sulfonamides is 1. The number of hydrogen-bond donors (Lipinski definition) is 1. The zero-order valence-electron chi connectivity index (χ0n) is 22.8. The van der Waals surface area contributed by atoms with Gasteiger partial charge in [-0.1, -0.05) is 71.7 Å². The molecule has 3 aromatic rings. The molecule has 0 saturated carbocycles. The van der Waals surface area contributed by atoms with E-state index in [4.69, 9.17) is 27.9 Å². The van der Waals surface area contributed by atoms with E-state index in [1.165, 1.54) is 12.0 Å². The first kappa shape index (κ1) is 31.3. The summed E-state index contributed by atoms with van der Waals surface area (Å²) >= 11 is 12.6. The Bertz CT molecular complexity index is 1430. The summed E-state index contributed by atoms with van der Waals surface area (Å²) in [6.45, 7) is 3.03. The first-order chi connectivity index (χ1) is 18.9. The standard InChI is InChI=1S/C29H33Cl2N3O5S/c1-20(2)32-29(36)26(16-21-10-6-5-7-11-21)33(18-22-14-15-23(30)17-24(22)31)28(35)19-34(40(4,37)38)25-12-8-9-13-27(25)39-3/h5-15,17,20,26H,16,18-19H2,1-4H3,(H,32,36)/t26-/m0/s1. The summed E-state index contributed by atoms with van der Waals surface area (Å²) in [5, 5.41) is 3.64. The molecule has 214 valence electrons. The lowest BCUT2D eigenvalue weighted by atomic mass is 10.0. The predicted octanol–water partition coefficient (Wildman–Crippen LogP) is 4.93. The quantitative estimate of drug-likeness (QED) is 0.316. The van der Waals surface area contributed by atoms with Gasteiger partial charge in [0.25, 0.3) is 0 Å². The van der Waals surface area contributed by atoms with Crippen LogP contribution in [0.15, 0.2) is 72.8 Å². The average molecular weight is 607 g/mol. The lowest BCUT2D eigenvalue weighted by molar-refractivity contribution is -0.140. The summed E-state index contributed by atoms with van der Waals surface area (Å²) in [5.41, 5.74) is 1.59. The summed E-state index contributed by atoms with van der Waals surface area (Å²) < 4.78 is 32.2. The molecule has 0 saturated heterocycles. The van der Waals surface area contributed by atoms with Crippen LogP contribution in [0.2, 0.25) is 10.0 Å². The van der Waals surface area contributed by atoms with E-state index < -0.39 is 28.5 Å². The Hall–Kier alpha value is -3.27. The Kier molecular flexibility index (Phi) is 10.8. The van der Waals surface area contributed by atoms with Crippen molar-refractivity contribution in [2.75, 3.05) is 24.2 Å². The van der Waals surface area contributed by atoms with Gasteiger partial charge in [-0.15, -0.1) is 0 Å². The normalized spacial score (nSPS) is 12.1. The molecule has 0 heterocycles. The summed E-state index contributed by atoms with van der Waals surface area (Å²) in [4.78, 5) is 29.1.